The number of likely N-dealkylation sites (N-methyl/N-ethyl adjacent to an activating group) is 1. The van der Waals surface area contributed by atoms with Gasteiger partial charge in [-0.05, 0) is 79.6 Å². The van der Waals surface area contributed by atoms with Gasteiger partial charge in [0.15, 0.2) is 0 Å². The van der Waals surface area contributed by atoms with E-state index in [9.17, 15) is 9.59 Å². The summed E-state index contributed by atoms with van der Waals surface area (Å²) in [4.78, 5) is 29.8. The fraction of sp³-hybridized carbons (Fsp3) is 0.472. The number of rotatable bonds is 11. The highest BCUT2D eigenvalue weighted by Gasteiger charge is 2.36. The van der Waals surface area contributed by atoms with Crippen LogP contribution in [0.4, 0.5) is 5.69 Å². The van der Waals surface area contributed by atoms with E-state index in [1.54, 1.807) is 0 Å². The Labute approximate surface area is 253 Å². The van der Waals surface area contributed by atoms with Gasteiger partial charge in [0, 0.05) is 48.2 Å². The van der Waals surface area contributed by atoms with Crippen molar-refractivity contribution in [3.8, 4) is 0 Å². The van der Waals surface area contributed by atoms with Crippen LogP contribution in [0.3, 0.4) is 0 Å². The van der Waals surface area contributed by atoms with Gasteiger partial charge in [-0.15, -0.1) is 0 Å². The van der Waals surface area contributed by atoms with Crippen LogP contribution in [0.25, 0.3) is 0 Å². The maximum atomic E-state index is 12.1. The number of hydrogen-bond acceptors (Lipinski definition) is 4. The van der Waals surface area contributed by atoms with E-state index >= 15 is 0 Å². The molecular formula is C36H50N4O2. The van der Waals surface area contributed by atoms with E-state index < -0.39 is 0 Å². The molecule has 2 amide bonds. The molecule has 1 heterocycles. The first-order chi connectivity index (χ1) is 20.2. The number of aromatic nitrogens is 1. The molecule has 0 saturated heterocycles. The molecule has 1 saturated carbocycles. The van der Waals surface area contributed by atoms with Gasteiger partial charge in [0.05, 0.1) is 0 Å². The van der Waals surface area contributed by atoms with Crippen LogP contribution in [0.5, 0.6) is 0 Å². The molecule has 1 aliphatic carbocycles. The SMILES string of the molecule is CC(C)c1cccc(C(C)C)c1NC=O.CCNC(=O)c1cccc(CN(C)CC2(c3ccccn3)CCCCC2)c1. The fourth-order valence-corrected chi connectivity index (χ4v) is 6.13. The molecule has 0 spiro atoms. The van der Waals surface area contributed by atoms with Gasteiger partial charge in [0.2, 0.25) is 6.41 Å². The second-order valence-electron chi connectivity index (χ2n) is 12.2. The smallest absolute Gasteiger partial charge is 0.251 e. The predicted octanol–water partition coefficient (Wildman–Crippen LogP) is 7.67. The Bertz CT molecular complexity index is 1240. The molecule has 2 N–H and O–H groups in total. The van der Waals surface area contributed by atoms with Gasteiger partial charge >= 0.3 is 0 Å². The molecule has 0 radical (unpaired) electrons. The number of nitrogens with one attached hydrogen (secondary N) is 2. The summed E-state index contributed by atoms with van der Waals surface area (Å²) in [6.45, 7) is 13.0. The van der Waals surface area contributed by atoms with E-state index in [1.165, 1.54) is 54.5 Å². The maximum absolute atomic E-state index is 12.1. The highest BCUT2D eigenvalue weighted by molar-refractivity contribution is 5.94. The number of anilines is 1. The molecule has 2 aromatic carbocycles. The van der Waals surface area contributed by atoms with Crippen LogP contribution in [0, 0.1) is 0 Å². The zero-order valence-corrected chi connectivity index (χ0v) is 26.5. The van der Waals surface area contributed by atoms with Crippen LogP contribution in [0.15, 0.2) is 66.9 Å². The number of para-hydroxylation sites is 1. The minimum atomic E-state index is -0.000704. The Balaban J connectivity index is 0.000000274. The Morgan fingerprint density at radius 2 is 1.62 bits per heavy atom. The zero-order valence-electron chi connectivity index (χ0n) is 26.5. The van der Waals surface area contributed by atoms with E-state index in [0.717, 1.165) is 30.8 Å². The first kappa shape index (κ1) is 33.0. The standard InChI is InChI=1S/C23H31N3O.C13H19NO/c1-3-24-22(27)20-11-9-10-19(16-20)17-26(2)18-23(13-6-4-7-14-23)21-12-5-8-15-25-21;1-9(2)11-6-5-7-12(10(3)4)13(11)14-8-15/h5,8-12,15-16H,3-4,6-7,13-14,17-18H2,1-2H3,(H,24,27);5-10H,1-4H3,(H,14,15). The van der Waals surface area contributed by atoms with Gasteiger partial charge in [-0.3, -0.25) is 14.6 Å². The van der Waals surface area contributed by atoms with Crippen molar-refractivity contribution in [2.24, 2.45) is 0 Å². The minimum absolute atomic E-state index is 0.000704. The number of benzene rings is 2. The second kappa shape index (κ2) is 16.2. The van der Waals surface area contributed by atoms with Crippen molar-refractivity contribution in [3.63, 3.8) is 0 Å². The lowest BCUT2D eigenvalue weighted by atomic mass is 9.71. The maximum Gasteiger partial charge on any atom is 0.251 e. The average molecular weight is 571 g/mol. The third-order valence-corrected chi connectivity index (χ3v) is 8.15. The van der Waals surface area contributed by atoms with Gasteiger partial charge in [0.25, 0.3) is 5.91 Å². The molecule has 42 heavy (non-hydrogen) atoms. The van der Waals surface area contributed by atoms with Gasteiger partial charge in [-0.1, -0.05) is 83.4 Å². The molecular weight excluding hydrogens is 520 g/mol. The molecule has 0 unspecified atom stereocenters. The summed E-state index contributed by atoms with van der Waals surface area (Å²) in [6, 6.07) is 20.5. The number of pyridine rings is 1. The number of amides is 2. The molecule has 3 aromatic rings. The van der Waals surface area contributed by atoms with Crippen LogP contribution in [0.1, 0.15) is 111 Å². The normalized spacial score (nSPS) is 14.3. The van der Waals surface area contributed by atoms with Gasteiger partial charge < -0.3 is 15.5 Å². The summed E-state index contributed by atoms with van der Waals surface area (Å²) in [6.07, 6.45) is 8.95. The Kier molecular flexibility index (Phi) is 12.7. The Morgan fingerprint density at radius 1 is 0.952 bits per heavy atom. The molecule has 226 valence electrons. The van der Waals surface area contributed by atoms with Crippen molar-refractivity contribution in [1.82, 2.24) is 15.2 Å². The van der Waals surface area contributed by atoms with Crippen molar-refractivity contribution >= 4 is 18.0 Å². The fourth-order valence-electron chi connectivity index (χ4n) is 6.13. The second-order valence-corrected chi connectivity index (χ2v) is 12.2. The van der Waals surface area contributed by atoms with Crippen molar-refractivity contribution < 1.29 is 9.59 Å². The topological polar surface area (TPSA) is 74.3 Å². The molecule has 6 heteroatoms. The number of hydrogen-bond donors (Lipinski definition) is 2. The molecule has 1 fully saturated rings. The first-order valence-corrected chi connectivity index (χ1v) is 15.5. The summed E-state index contributed by atoms with van der Waals surface area (Å²) < 4.78 is 0. The van der Waals surface area contributed by atoms with E-state index in [-0.39, 0.29) is 11.3 Å². The van der Waals surface area contributed by atoms with Crippen LogP contribution >= 0.6 is 0 Å². The summed E-state index contributed by atoms with van der Waals surface area (Å²) in [5.74, 6) is 0.844. The van der Waals surface area contributed by atoms with Crippen molar-refractivity contribution in [1.29, 1.82) is 0 Å². The summed E-state index contributed by atoms with van der Waals surface area (Å²) in [5, 5.41) is 5.70. The van der Waals surface area contributed by atoms with Crippen LogP contribution in [0.2, 0.25) is 0 Å². The lowest BCUT2D eigenvalue weighted by molar-refractivity contribution is -0.105. The van der Waals surface area contributed by atoms with Crippen molar-refractivity contribution in [2.75, 3.05) is 25.5 Å². The average Bonchev–Trinajstić information content (AvgIpc) is 2.98. The number of carbonyl (C=O) groups excluding carboxylic acids is 2. The highest BCUT2D eigenvalue weighted by Crippen LogP contribution is 2.39. The first-order valence-electron chi connectivity index (χ1n) is 15.5. The van der Waals surface area contributed by atoms with Gasteiger partial charge in [0.1, 0.15) is 0 Å². The van der Waals surface area contributed by atoms with Crippen LogP contribution in [-0.2, 0) is 16.8 Å². The lowest BCUT2D eigenvalue weighted by Gasteiger charge is -2.40. The predicted molar refractivity (Wildman–Crippen MR) is 174 cm³/mol. The van der Waals surface area contributed by atoms with Crippen LogP contribution < -0.4 is 10.6 Å². The lowest BCUT2D eigenvalue weighted by Crippen LogP contribution is -2.41. The molecule has 1 aromatic heterocycles. The van der Waals surface area contributed by atoms with E-state index in [2.05, 4.69) is 86.7 Å². The molecule has 0 aliphatic heterocycles. The third-order valence-electron chi connectivity index (χ3n) is 8.15. The highest BCUT2D eigenvalue weighted by atomic mass is 16.1. The van der Waals surface area contributed by atoms with Crippen molar-refractivity contribution in [3.05, 3.63) is 94.8 Å². The Morgan fingerprint density at radius 3 is 2.19 bits per heavy atom. The molecule has 4 rings (SSSR count). The summed E-state index contributed by atoms with van der Waals surface area (Å²) >= 11 is 0. The molecule has 1 aliphatic rings. The van der Waals surface area contributed by atoms with Gasteiger partial charge in [-0.25, -0.2) is 0 Å². The third kappa shape index (κ3) is 8.99. The zero-order chi connectivity index (χ0) is 30.5. The molecule has 0 bridgehead atoms. The van der Waals surface area contributed by atoms with E-state index in [0.29, 0.717) is 18.4 Å². The van der Waals surface area contributed by atoms with E-state index in [4.69, 9.17) is 4.98 Å². The van der Waals surface area contributed by atoms with E-state index in [1.807, 2.05) is 37.4 Å². The van der Waals surface area contributed by atoms with Gasteiger partial charge in [-0.2, -0.15) is 0 Å². The molecule has 0 atom stereocenters. The number of nitrogens with zero attached hydrogens (tertiary/aromatic N) is 2. The number of carbonyl (C=O) groups is 2. The van der Waals surface area contributed by atoms with Crippen molar-refractivity contribution in [2.45, 2.75) is 90.5 Å². The van der Waals surface area contributed by atoms with Crippen LogP contribution in [-0.4, -0.2) is 42.3 Å². The summed E-state index contributed by atoms with van der Waals surface area (Å²) in [5.41, 5.74) is 6.67. The molecule has 6 nitrogen and oxygen atoms in total. The monoisotopic (exact) mass is 570 g/mol. The quantitative estimate of drug-likeness (QED) is 0.232. The summed E-state index contributed by atoms with van der Waals surface area (Å²) in [7, 11) is 2.18. The largest absolute Gasteiger partial charge is 0.352 e. The Hall–Kier alpha value is -3.51. The minimum Gasteiger partial charge on any atom is -0.352 e.